The van der Waals surface area contributed by atoms with Gasteiger partial charge in [0, 0.05) is 17.3 Å². The largest absolute Gasteiger partial charge is 0.416 e. The fraction of sp³-hybridized carbons (Fsp3) is 0.476. The number of nitrogens with zero attached hydrogens (tertiary/aromatic N) is 2. The number of nitrogens with one attached hydrogen (secondary N) is 1. The van der Waals surface area contributed by atoms with E-state index in [1.165, 1.54) is 22.9 Å². The number of benzene rings is 1. The predicted octanol–water partition coefficient (Wildman–Crippen LogP) is 4.26. The molecule has 0 radical (unpaired) electrons. The van der Waals surface area contributed by atoms with Crippen molar-refractivity contribution in [3.8, 4) is 5.69 Å². The third-order valence-corrected chi connectivity index (χ3v) is 5.53. The molecule has 2 aromatic rings. The van der Waals surface area contributed by atoms with Gasteiger partial charge in [0.1, 0.15) is 0 Å². The van der Waals surface area contributed by atoms with Crippen molar-refractivity contribution in [2.45, 2.75) is 58.2 Å². The summed E-state index contributed by atoms with van der Waals surface area (Å²) in [5.74, 6) is -0.0107. The first kappa shape index (κ1) is 21.1. The molecule has 0 atom stereocenters. The minimum atomic E-state index is -4.50. The average molecular weight is 407 g/mol. The Hall–Kier alpha value is -2.64. The van der Waals surface area contributed by atoms with Crippen molar-refractivity contribution in [1.82, 2.24) is 15.1 Å². The van der Waals surface area contributed by atoms with E-state index in [4.69, 9.17) is 0 Å². The van der Waals surface area contributed by atoms with E-state index in [0.717, 1.165) is 37.8 Å². The number of rotatable bonds is 3. The first-order valence-corrected chi connectivity index (χ1v) is 9.60. The number of aromatic nitrogens is 2. The lowest BCUT2D eigenvalue weighted by atomic mass is 9.78. The molecular formula is C21H24F3N3O2. The number of aryl methyl sites for hydroxylation is 1. The van der Waals surface area contributed by atoms with Gasteiger partial charge in [-0.25, -0.2) is 4.68 Å². The highest BCUT2D eigenvalue weighted by atomic mass is 19.4. The number of hydrogen-bond donors (Lipinski definition) is 1. The highest BCUT2D eigenvalue weighted by molar-refractivity contribution is 5.92. The molecule has 0 aliphatic heterocycles. The van der Waals surface area contributed by atoms with Crippen molar-refractivity contribution in [3.63, 3.8) is 0 Å². The minimum absolute atomic E-state index is 0.129. The van der Waals surface area contributed by atoms with E-state index in [1.807, 2.05) is 6.92 Å². The van der Waals surface area contributed by atoms with Crippen LogP contribution in [0.1, 0.15) is 61.3 Å². The third-order valence-electron chi connectivity index (χ3n) is 5.53. The molecule has 0 saturated heterocycles. The van der Waals surface area contributed by atoms with Gasteiger partial charge < -0.3 is 5.32 Å². The molecule has 29 heavy (non-hydrogen) atoms. The van der Waals surface area contributed by atoms with Crippen molar-refractivity contribution in [1.29, 1.82) is 0 Å². The Morgan fingerprint density at radius 1 is 1.24 bits per heavy atom. The number of amides is 1. The summed E-state index contributed by atoms with van der Waals surface area (Å²) < 4.78 is 40.3. The quantitative estimate of drug-likeness (QED) is 0.827. The van der Waals surface area contributed by atoms with Crippen molar-refractivity contribution in [2.24, 2.45) is 5.92 Å². The van der Waals surface area contributed by atoms with E-state index in [2.05, 4.69) is 17.3 Å². The third kappa shape index (κ3) is 4.68. The van der Waals surface area contributed by atoms with Gasteiger partial charge in [-0.3, -0.25) is 9.59 Å². The first-order valence-electron chi connectivity index (χ1n) is 9.60. The maximum atomic E-state index is 13.0. The Morgan fingerprint density at radius 3 is 2.52 bits per heavy atom. The molecule has 0 bridgehead atoms. The number of hydrogen-bond acceptors (Lipinski definition) is 3. The standard InChI is InChI=1S/C21H24F3N3O2/c1-13-7-9-20(3,10-8-13)25-19(29)18-17(28)11-14(2)27(26-18)16-6-4-5-15(12-16)21(22,23)24/h4-6,11-13H,7-10H2,1-3H3,(H,25,29). The lowest BCUT2D eigenvalue weighted by molar-refractivity contribution is -0.137. The molecule has 1 amide bonds. The fourth-order valence-electron chi connectivity index (χ4n) is 3.64. The zero-order valence-corrected chi connectivity index (χ0v) is 16.6. The van der Waals surface area contributed by atoms with E-state index in [1.54, 1.807) is 6.92 Å². The number of carbonyl (C=O) groups is 1. The van der Waals surface area contributed by atoms with Crippen LogP contribution in [0.5, 0.6) is 0 Å². The molecule has 1 aliphatic carbocycles. The van der Waals surface area contributed by atoms with Gasteiger partial charge in [-0.05, 0) is 63.6 Å². The zero-order chi connectivity index (χ0) is 21.4. The van der Waals surface area contributed by atoms with Crippen LogP contribution in [0.15, 0.2) is 35.1 Å². The van der Waals surface area contributed by atoms with E-state index in [9.17, 15) is 22.8 Å². The van der Waals surface area contributed by atoms with Crippen LogP contribution in [0, 0.1) is 12.8 Å². The second-order valence-corrected chi connectivity index (χ2v) is 8.16. The summed E-state index contributed by atoms with van der Waals surface area (Å²) in [5.41, 5.74) is -1.68. The highest BCUT2D eigenvalue weighted by Crippen LogP contribution is 2.32. The molecule has 156 valence electrons. The smallest absolute Gasteiger partial charge is 0.345 e. The summed E-state index contributed by atoms with van der Waals surface area (Å²) in [7, 11) is 0. The second-order valence-electron chi connectivity index (χ2n) is 8.16. The van der Waals surface area contributed by atoms with Crippen LogP contribution in [0.25, 0.3) is 5.69 Å². The molecule has 5 nitrogen and oxygen atoms in total. The number of halogens is 3. The molecule has 1 heterocycles. The van der Waals surface area contributed by atoms with Gasteiger partial charge in [-0.1, -0.05) is 13.0 Å². The van der Waals surface area contributed by atoms with Gasteiger partial charge in [0.2, 0.25) is 5.43 Å². The maximum Gasteiger partial charge on any atom is 0.416 e. The Balaban J connectivity index is 1.94. The van der Waals surface area contributed by atoms with Crippen LogP contribution >= 0.6 is 0 Å². The lowest BCUT2D eigenvalue weighted by Gasteiger charge is -2.36. The fourth-order valence-corrected chi connectivity index (χ4v) is 3.64. The van der Waals surface area contributed by atoms with Gasteiger partial charge in [-0.2, -0.15) is 18.3 Å². The first-order chi connectivity index (χ1) is 13.5. The normalized spacial score (nSPS) is 22.3. The van der Waals surface area contributed by atoms with Crippen LogP contribution in [-0.2, 0) is 6.18 Å². The Kier molecular flexibility index (Phi) is 5.56. The number of carbonyl (C=O) groups excluding carboxylic acids is 1. The summed E-state index contributed by atoms with van der Waals surface area (Å²) in [6.07, 6.45) is -0.948. The molecule has 1 N–H and O–H groups in total. The SMILES string of the molecule is Cc1cc(=O)c(C(=O)NC2(C)CCC(C)CC2)nn1-c1cccc(C(F)(F)F)c1. The number of alkyl halides is 3. The Morgan fingerprint density at radius 2 is 1.90 bits per heavy atom. The molecule has 0 spiro atoms. The summed E-state index contributed by atoms with van der Waals surface area (Å²) in [5, 5.41) is 7.01. The Bertz CT molecular complexity index is 974. The van der Waals surface area contributed by atoms with Gasteiger partial charge >= 0.3 is 6.18 Å². The molecule has 8 heteroatoms. The van der Waals surface area contributed by atoms with Crippen molar-refractivity contribution < 1.29 is 18.0 Å². The lowest BCUT2D eigenvalue weighted by Crippen LogP contribution is -2.49. The van der Waals surface area contributed by atoms with Crippen LogP contribution in [0.4, 0.5) is 13.2 Å². The van der Waals surface area contributed by atoms with E-state index in [0.29, 0.717) is 11.6 Å². The molecule has 3 rings (SSSR count). The monoisotopic (exact) mass is 407 g/mol. The van der Waals surface area contributed by atoms with Gasteiger partial charge in [0.25, 0.3) is 5.91 Å². The van der Waals surface area contributed by atoms with E-state index >= 15 is 0 Å². The van der Waals surface area contributed by atoms with Gasteiger partial charge in [-0.15, -0.1) is 0 Å². The summed E-state index contributed by atoms with van der Waals surface area (Å²) in [6.45, 7) is 5.66. The van der Waals surface area contributed by atoms with Crippen molar-refractivity contribution >= 4 is 5.91 Å². The van der Waals surface area contributed by atoms with E-state index in [-0.39, 0.29) is 11.4 Å². The van der Waals surface area contributed by atoms with E-state index < -0.39 is 28.6 Å². The van der Waals surface area contributed by atoms with Gasteiger partial charge in [0.15, 0.2) is 5.69 Å². The summed E-state index contributed by atoms with van der Waals surface area (Å²) >= 11 is 0. The van der Waals surface area contributed by atoms with Crippen LogP contribution in [0.3, 0.4) is 0 Å². The highest BCUT2D eigenvalue weighted by Gasteiger charge is 2.33. The molecule has 1 fully saturated rings. The molecular weight excluding hydrogens is 383 g/mol. The topological polar surface area (TPSA) is 64.0 Å². The molecule has 1 aliphatic rings. The van der Waals surface area contributed by atoms with Crippen LogP contribution < -0.4 is 10.7 Å². The van der Waals surface area contributed by atoms with Crippen LogP contribution in [-0.4, -0.2) is 21.2 Å². The van der Waals surface area contributed by atoms with Crippen molar-refractivity contribution in [2.75, 3.05) is 0 Å². The molecule has 1 aromatic carbocycles. The zero-order valence-electron chi connectivity index (χ0n) is 16.6. The average Bonchev–Trinajstić information content (AvgIpc) is 2.64. The summed E-state index contributed by atoms with van der Waals surface area (Å²) in [6, 6.07) is 5.83. The Labute approximate surface area is 166 Å². The molecule has 0 unspecified atom stereocenters. The van der Waals surface area contributed by atoms with Crippen LogP contribution in [0.2, 0.25) is 0 Å². The molecule has 1 saturated carbocycles. The molecule has 1 aromatic heterocycles. The maximum absolute atomic E-state index is 13.0. The van der Waals surface area contributed by atoms with Gasteiger partial charge in [0.05, 0.1) is 11.3 Å². The van der Waals surface area contributed by atoms with Crippen molar-refractivity contribution in [3.05, 3.63) is 57.5 Å². The second kappa shape index (κ2) is 7.65. The predicted molar refractivity (Wildman–Crippen MR) is 103 cm³/mol. The summed E-state index contributed by atoms with van der Waals surface area (Å²) in [4.78, 5) is 25.1. The minimum Gasteiger partial charge on any atom is -0.345 e.